The van der Waals surface area contributed by atoms with Gasteiger partial charge in [-0.3, -0.25) is 4.90 Å². The average molecular weight is 160 g/mol. The highest BCUT2D eigenvalue weighted by atomic mass is 19.1. The maximum atomic E-state index is 12.0. The van der Waals surface area contributed by atoms with Gasteiger partial charge in [-0.15, -0.1) is 0 Å². The first-order valence-electron chi connectivity index (χ1n) is 4.33. The highest BCUT2D eigenvalue weighted by Gasteiger charge is 2.22. The van der Waals surface area contributed by atoms with Crippen molar-refractivity contribution in [3.63, 3.8) is 0 Å². The molecule has 0 aromatic heterocycles. The van der Waals surface area contributed by atoms with Gasteiger partial charge in [0.05, 0.1) is 0 Å². The SMILES string of the molecule is CNCC1CCCN1CCF. The predicted octanol–water partition coefficient (Wildman–Crippen LogP) is 0.640. The minimum Gasteiger partial charge on any atom is -0.318 e. The number of likely N-dealkylation sites (tertiary alicyclic amines) is 1. The number of halogens is 1. The molecule has 1 aliphatic rings. The van der Waals surface area contributed by atoms with Crippen LogP contribution in [0.2, 0.25) is 0 Å². The van der Waals surface area contributed by atoms with E-state index in [1.807, 2.05) is 7.05 Å². The van der Waals surface area contributed by atoms with Crippen molar-refractivity contribution in [1.29, 1.82) is 0 Å². The maximum absolute atomic E-state index is 12.0. The summed E-state index contributed by atoms with van der Waals surface area (Å²) < 4.78 is 12.0. The number of hydrogen-bond acceptors (Lipinski definition) is 2. The van der Waals surface area contributed by atoms with E-state index in [1.54, 1.807) is 0 Å². The molecule has 1 N–H and O–H groups in total. The van der Waals surface area contributed by atoms with Crippen molar-refractivity contribution < 1.29 is 4.39 Å². The molecule has 1 fully saturated rings. The van der Waals surface area contributed by atoms with E-state index in [9.17, 15) is 4.39 Å². The highest BCUT2D eigenvalue weighted by Crippen LogP contribution is 2.15. The monoisotopic (exact) mass is 160 g/mol. The van der Waals surface area contributed by atoms with Gasteiger partial charge in [0, 0.05) is 19.1 Å². The topological polar surface area (TPSA) is 15.3 Å². The lowest BCUT2D eigenvalue weighted by Crippen LogP contribution is -2.37. The summed E-state index contributed by atoms with van der Waals surface area (Å²) in [6.45, 7) is 2.49. The first-order valence-corrected chi connectivity index (χ1v) is 4.33. The lowest BCUT2D eigenvalue weighted by atomic mass is 10.2. The third-order valence-corrected chi connectivity index (χ3v) is 2.31. The molecular weight excluding hydrogens is 143 g/mol. The van der Waals surface area contributed by atoms with Crippen LogP contribution < -0.4 is 5.32 Å². The van der Waals surface area contributed by atoms with Crippen molar-refractivity contribution in [1.82, 2.24) is 10.2 Å². The van der Waals surface area contributed by atoms with E-state index in [4.69, 9.17) is 0 Å². The summed E-state index contributed by atoms with van der Waals surface area (Å²) in [6, 6.07) is 0.579. The van der Waals surface area contributed by atoms with E-state index in [0.29, 0.717) is 12.6 Å². The van der Waals surface area contributed by atoms with Crippen LogP contribution in [0.25, 0.3) is 0 Å². The van der Waals surface area contributed by atoms with Crippen molar-refractivity contribution in [2.45, 2.75) is 18.9 Å². The molecule has 3 heteroatoms. The summed E-state index contributed by atoms with van der Waals surface area (Å²) in [5.41, 5.74) is 0. The smallest absolute Gasteiger partial charge is 0.102 e. The molecule has 0 aromatic rings. The summed E-state index contributed by atoms with van der Waals surface area (Å²) in [5, 5.41) is 3.13. The summed E-state index contributed by atoms with van der Waals surface area (Å²) in [4.78, 5) is 2.23. The Morgan fingerprint density at radius 3 is 3.09 bits per heavy atom. The average Bonchev–Trinajstić information content (AvgIpc) is 2.39. The Bertz CT molecular complexity index is 96.3. The summed E-state index contributed by atoms with van der Waals surface area (Å²) >= 11 is 0. The zero-order valence-corrected chi connectivity index (χ0v) is 7.15. The van der Waals surface area contributed by atoms with Crippen LogP contribution in [0.15, 0.2) is 0 Å². The molecule has 0 amide bonds. The van der Waals surface area contributed by atoms with Crippen LogP contribution >= 0.6 is 0 Å². The van der Waals surface area contributed by atoms with Crippen molar-refractivity contribution in [3.8, 4) is 0 Å². The molecule has 0 aliphatic carbocycles. The van der Waals surface area contributed by atoms with Crippen molar-refractivity contribution in [2.24, 2.45) is 0 Å². The van der Waals surface area contributed by atoms with Crippen LogP contribution in [0, 0.1) is 0 Å². The molecule has 0 radical (unpaired) electrons. The van der Waals surface area contributed by atoms with Gasteiger partial charge in [-0.25, -0.2) is 4.39 Å². The Hall–Kier alpha value is -0.150. The van der Waals surface area contributed by atoms with E-state index in [-0.39, 0.29) is 6.67 Å². The minimum atomic E-state index is -0.208. The predicted molar refractivity (Wildman–Crippen MR) is 44.5 cm³/mol. The van der Waals surface area contributed by atoms with E-state index in [2.05, 4.69) is 10.2 Å². The Labute approximate surface area is 67.8 Å². The molecule has 0 aromatic carbocycles. The van der Waals surface area contributed by atoms with Crippen LogP contribution in [0.4, 0.5) is 4.39 Å². The van der Waals surface area contributed by atoms with E-state index in [1.165, 1.54) is 12.8 Å². The molecule has 11 heavy (non-hydrogen) atoms. The van der Waals surface area contributed by atoms with Crippen LogP contribution in [0.3, 0.4) is 0 Å². The highest BCUT2D eigenvalue weighted by molar-refractivity contribution is 4.79. The van der Waals surface area contributed by atoms with Crippen LogP contribution in [0.5, 0.6) is 0 Å². The number of alkyl halides is 1. The zero-order valence-electron chi connectivity index (χ0n) is 7.15. The largest absolute Gasteiger partial charge is 0.318 e. The van der Waals surface area contributed by atoms with Crippen molar-refractivity contribution in [2.75, 3.05) is 33.4 Å². The third kappa shape index (κ3) is 2.42. The van der Waals surface area contributed by atoms with Gasteiger partial charge in [0.15, 0.2) is 0 Å². The number of likely N-dealkylation sites (N-methyl/N-ethyl adjacent to an activating group) is 1. The molecule has 0 bridgehead atoms. The molecule has 0 saturated carbocycles. The molecule has 1 heterocycles. The Balaban J connectivity index is 2.25. The third-order valence-electron chi connectivity index (χ3n) is 2.31. The maximum Gasteiger partial charge on any atom is 0.102 e. The standard InChI is InChI=1S/C8H17FN2/c1-10-7-8-3-2-5-11(8)6-4-9/h8,10H,2-7H2,1H3. The molecule has 1 unspecified atom stereocenters. The van der Waals surface area contributed by atoms with Crippen LogP contribution in [-0.2, 0) is 0 Å². The second-order valence-electron chi connectivity index (χ2n) is 3.08. The van der Waals surface area contributed by atoms with Gasteiger partial charge in [0.1, 0.15) is 6.67 Å². The minimum absolute atomic E-state index is 0.208. The summed E-state index contributed by atoms with van der Waals surface area (Å²) in [6.07, 6.45) is 2.45. The van der Waals surface area contributed by atoms with E-state index in [0.717, 1.165) is 13.1 Å². The van der Waals surface area contributed by atoms with Gasteiger partial charge in [-0.05, 0) is 26.4 Å². The van der Waals surface area contributed by atoms with Gasteiger partial charge in [-0.2, -0.15) is 0 Å². The molecule has 1 saturated heterocycles. The molecule has 1 rings (SSSR count). The van der Waals surface area contributed by atoms with Gasteiger partial charge in [-0.1, -0.05) is 0 Å². The number of nitrogens with one attached hydrogen (secondary N) is 1. The first kappa shape index (κ1) is 8.94. The fourth-order valence-corrected chi connectivity index (χ4v) is 1.76. The van der Waals surface area contributed by atoms with E-state index >= 15 is 0 Å². The van der Waals surface area contributed by atoms with Gasteiger partial charge in [0.2, 0.25) is 0 Å². The second kappa shape index (κ2) is 4.67. The van der Waals surface area contributed by atoms with Gasteiger partial charge >= 0.3 is 0 Å². The Morgan fingerprint density at radius 1 is 1.64 bits per heavy atom. The molecule has 1 atom stereocenters. The lowest BCUT2D eigenvalue weighted by Gasteiger charge is -2.22. The van der Waals surface area contributed by atoms with Gasteiger partial charge < -0.3 is 5.32 Å². The number of nitrogens with zero attached hydrogens (tertiary/aromatic N) is 1. The molecule has 1 aliphatic heterocycles. The molecular formula is C8H17FN2. The number of hydrogen-bond donors (Lipinski definition) is 1. The lowest BCUT2D eigenvalue weighted by molar-refractivity contribution is 0.229. The summed E-state index contributed by atoms with van der Waals surface area (Å²) in [5.74, 6) is 0. The Morgan fingerprint density at radius 2 is 2.45 bits per heavy atom. The molecule has 2 nitrogen and oxygen atoms in total. The Kier molecular flexibility index (Phi) is 3.80. The zero-order chi connectivity index (χ0) is 8.10. The van der Waals surface area contributed by atoms with Crippen molar-refractivity contribution >= 4 is 0 Å². The van der Waals surface area contributed by atoms with Crippen LogP contribution in [-0.4, -0.2) is 44.3 Å². The fraction of sp³-hybridized carbons (Fsp3) is 1.00. The second-order valence-corrected chi connectivity index (χ2v) is 3.08. The quantitative estimate of drug-likeness (QED) is 0.649. The van der Waals surface area contributed by atoms with Crippen LogP contribution in [0.1, 0.15) is 12.8 Å². The van der Waals surface area contributed by atoms with Gasteiger partial charge in [0.25, 0.3) is 0 Å². The normalized spacial score (nSPS) is 26.2. The number of rotatable bonds is 4. The van der Waals surface area contributed by atoms with Crippen molar-refractivity contribution in [3.05, 3.63) is 0 Å². The molecule has 0 spiro atoms. The van der Waals surface area contributed by atoms with E-state index < -0.39 is 0 Å². The first-order chi connectivity index (χ1) is 5.38. The molecule has 66 valence electrons. The summed E-state index contributed by atoms with van der Waals surface area (Å²) in [7, 11) is 1.95. The fourth-order valence-electron chi connectivity index (χ4n) is 1.76.